The Balaban J connectivity index is 2.34. The first kappa shape index (κ1) is 15.3. The average molecular weight is 355 g/mol. The van der Waals surface area contributed by atoms with Crippen LogP contribution < -0.4 is 5.32 Å². The van der Waals surface area contributed by atoms with Gasteiger partial charge in [0.2, 0.25) is 0 Å². The van der Waals surface area contributed by atoms with Crippen molar-refractivity contribution in [3.63, 3.8) is 0 Å². The fourth-order valence-electron chi connectivity index (χ4n) is 2.02. The predicted molar refractivity (Wildman–Crippen MR) is 87.5 cm³/mol. The van der Waals surface area contributed by atoms with Crippen LogP contribution >= 0.6 is 27.5 Å². The fourth-order valence-corrected chi connectivity index (χ4v) is 2.81. The molecule has 106 valence electrons. The highest BCUT2D eigenvalue weighted by molar-refractivity contribution is 9.10. The van der Waals surface area contributed by atoms with E-state index in [1.807, 2.05) is 31.3 Å². The van der Waals surface area contributed by atoms with E-state index in [0.717, 1.165) is 45.2 Å². The van der Waals surface area contributed by atoms with Crippen LogP contribution in [-0.2, 0) is 12.8 Å². The number of hydrogen-bond acceptors (Lipinski definition) is 3. The summed E-state index contributed by atoms with van der Waals surface area (Å²) in [6, 6.07) is 7.80. The third-order valence-electron chi connectivity index (χ3n) is 2.94. The van der Waals surface area contributed by atoms with Crippen molar-refractivity contribution >= 4 is 33.3 Å². The Morgan fingerprint density at radius 3 is 2.75 bits per heavy atom. The average Bonchev–Trinajstić information content (AvgIpc) is 2.42. The van der Waals surface area contributed by atoms with E-state index >= 15 is 0 Å². The Morgan fingerprint density at radius 1 is 1.30 bits per heavy atom. The highest BCUT2D eigenvalue weighted by Gasteiger charge is 2.11. The fraction of sp³-hybridized carbons (Fsp3) is 0.333. The quantitative estimate of drug-likeness (QED) is 0.860. The SMILES string of the molecule is CCCc1nc(Cc2cccc(Cl)c2)nc(NC)c1Br. The second-order valence-electron chi connectivity index (χ2n) is 4.56. The molecule has 0 fully saturated rings. The maximum Gasteiger partial charge on any atom is 0.144 e. The molecule has 0 aliphatic heterocycles. The maximum atomic E-state index is 6.02. The van der Waals surface area contributed by atoms with Gasteiger partial charge in [-0.2, -0.15) is 0 Å². The zero-order chi connectivity index (χ0) is 14.5. The first-order valence-corrected chi connectivity index (χ1v) is 7.78. The normalized spacial score (nSPS) is 10.6. The number of aryl methyl sites for hydroxylation is 1. The van der Waals surface area contributed by atoms with Gasteiger partial charge in [0.05, 0.1) is 10.2 Å². The van der Waals surface area contributed by atoms with Crippen LogP contribution in [-0.4, -0.2) is 17.0 Å². The number of nitrogens with one attached hydrogen (secondary N) is 1. The van der Waals surface area contributed by atoms with Gasteiger partial charge < -0.3 is 5.32 Å². The summed E-state index contributed by atoms with van der Waals surface area (Å²) in [6.45, 7) is 2.14. The molecule has 1 N–H and O–H groups in total. The maximum absolute atomic E-state index is 6.02. The van der Waals surface area contributed by atoms with Gasteiger partial charge in [0.15, 0.2) is 0 Å². The third-order valence-corrected chi connectivity index (χ3v) is 4.01. The van der Waals surface area contributed by atoms with Gasteiger partial charge in [-0.25, -0.2) is 9.97 Å². The van der Waals surface area contributed by atoms with Gasteiger partial charge in [0, 0.05) is 18.5 Å². The molecule has 20 heavy (non-hydrogen) atoms. The summed E-state index contributed by atoms with van der Waals surface area (Å²) in [5.74, 6) is 1.64. The lowest BCUT2D eigenvalue weighted by molar-refractivity contribution is 0.835. The van der Waals surface area contributed by atoms with Crippen LogP contribution in [0.15, 0.2) is 28.7 Å². The molecule has 0 aliphatic rings. The molecule has 0 unspecified atom stereocenters. The van der Waals surface area contributed by atoms with Gasteiger partial charge >= 0.3 is 0 Å². The largest absolute Gasteiger partial charge is 0.372 e. The molecule has 0 saturated carbocycles. The van der Waals surface area contributed by atoms with Crippen molar-refractivity contribution in [1.82, 2.24) is 9.97 Å². The van der Waals surface area contributed by atoms with Gasteiger partial charge in [0.25, 0.3) is 0 Å². The number of hydrogen-bond donors (Lipinski definition) is 1. The molecule has 0 bridgehead atoms. The zero-order valence-corrected chi connectivity index (χ0v) is 13.9. The van der Waals surface area contributed by atoms with E-state index < -0.39 is 0 Å². The Bertz CT molecular complexity index is 602. The Kier molecular flexibility index (Phi) is 5.38. The van der Waals surface area contributed by atoms with E-state index in [4.69, 9.17) is 11.6 Å². The minimum absolute atomic E-state index is 0.680. The molecule has 0 radical (unpaired) electrons. The van der Waals surface area contributed by atoms with Gasteiger partial charge in [0.1, 0.15) is 11.6 Å². The molecule has 2 aromatic rings. The lowest BCUT2D eigenvalue weighted by Crippen LogP contribution is -2.06. The molecule has 1 aromatic carbocycles. The molecule has 2 rings (SSSR count). The molecule has 0 aliphatic carbocycles. The van der Waals surface area contributed by atoms with Gasteiger partial charge in [-0.3, -0.25) is 0 Å². The Hall–Kier alpha value is -1.13. The third kappa shape index (κ3) is 3.70. The molecule has 0 saturated heterocycles. The highest BCUT2D eigenvalue weighted by atomic mass is 79.9. The monoisotopic (exact) mass is 353 g/mol. The number of halogens is 2. The predicted octanol–water partition coefficient (Wildman–Crippen LogP) is 4.48. The minimum Gasteiger partial charge on any atom is -0.372 e. The molecular weight excluding hydrogens is 338 g/mol. The Labute approximate surface area is 132 Å². The molecular formula is C15H17BrClN3. The van der Waals surface area contributed by atoms with Crippen molar-refractivity contribution in [3.05, 3.63) is 50.8 Å². The number of benzene rings is 1. The smallest absolute Gasteiger partial charge is 0.144 e. The number of anilines is 1. The molecule has 1 heterocycles. The molecule has 3 nitrogen and oxygen atoms in total. The second-order valence-corrected chi connectivity index (χ2v) is 5.79. The first-order valence-electron chi connectivity index (χ1n) is 6.61. The molecule has 1 aromatic heterocycles. The van der Waals surface area contributed by atoms with Crippen LogP contribution in [0.2, 0.25) is 5.02 Å². The second kappa shape index (κ2) is 7.04. The van der Waals surface area contributed by atoms with Crippen LogP contribution in [0.1, 0.15) is 30.4 Å². The van der Waals surface area contributed by atoms with Crippen LogP contribution in [0.4, 0.5) is 5.82 Å². The summed E-state index contributed by atoms with van der Waals surface area (Å²) in [4.78, 5) is 9.20. The van der Waals surface area contributed by atoms with Gasteiger partial charge in [-0.1, -0.05) is 37.1 Å². The van der Waals surface area contributed by atoms with Crippen molar-refractivity contribution in [2.75, 3.05) is 12.4 Å². The summed E-state index contributed by atoms with van der Waals surface area (Å²) < 4.78 is 0.955. The number of rotatable bonds is 5. The summed E-state index contributed by atoms with van der Waals surface area (Å²) in [5.41, 5.74) is 2.16. The van der Waals surface area contributed by atoms with Crippen LogP contribution in [0.3, 0.4) is 0 Å². The van der Waals surface area contributed by atoms with Crippen molar-refractivity contribution in [2.24, 2.45) is 0 Å². The standard InChI is InChI=1S/C15H17BrClN3/c1-3-5-12-14(16)15(18-2)20-13(19-12)9-10-6-4-7-11(17)8-10/h4,6-8H,3,5,9H2,1-2H3,(H,18,19,20). The highest BCUT2D eigenvalue weighted by Crippen LogP contribution is 2.25. The summed E-state index contributed by atoms with van der Waals surface area (Å²) in [5, 5.41) is 3.85. The minimum atomic E-state index is 0.680. The first-order chi connectivity index (χ1) is 9.63. The van der Waals surface area contributed by atoms with E-state index in [1.165, 1.54) is 0 Å². The lowest BCUT2D eigenvalue weighted by atomic mass is 10.1. The van der Waals surface area contributed by atoms with Gasteiger partial charge in [-0.15, -0.1) is 0 Å². The molecule has 0 atom stereocenters. The lowest BCUT2D eigenvalue weighted by Gasteiger charge is -2.11. The van der Waals surface area contributed by atoms with Crippen molar-refractivity contribution < 1.29 is 0 Å². The molecule has 5 heteroatoms. The number of aromatic nitrogens is 2. The van der Waals surface area contributed by atoms with Crippen molar-refractivity contribution in [2.45, 2.75) is 26.2 Å². The molecule has 0 spiro atoms. The van der Waals surface area contributed by atoms with E-state index in [1.54, 1.807) is 0 Å². The number of nitrogens with zero attached hydrogens (tertiary/aromatic N) is 2. The van der Waals surface area contributed by atoms with Gasteiger partial charge in [-0.05, 0) is 40.0 Å². The van der Waals surface area contributed by atoms with E-state index in [-0.39, 0.29) is 0 Å². The molecule has 0 amide bonds. The van der Waals surface area contributed by atoms with Crippen molar-refractivity contribution in [1.29, 1.82) is 0 Å². The zero-order valence-electron chi connectivity index (χ0n) is 11.6. The topological polar surface area (TPSA) is 37.8 Å². The van der Waals surface area contributed by atoms with Crippen LogP contribution in [0.25, 0.3) is 0 Å². The van der Waals surface area contributed by atoms with Crippen molar-refractivity contribution in [3.8, 4) is 0 Å². The van der Waals surface area contributed by atoms with E-state index in [2.05, 4.69) is 38.1 Å². The van der Waals surface area contributed by atoms with Crippen LogP contribution in [0, 0.1) is 0 Å². The van der Waals surface area contributed by atoms with E-state index in [9.17, 15) is 0 Å². The van der Waals surface area contributed by atoms with Crippen LogP contribution in [0.5, 0.6) is 0 Å². The summed E-state index contributed by atoms with van der Waals surface area (Å²) in [6.07, 6.45) is 2.66. The summed E-state index contributed by atoms with van der Waals surface area (Å²) in [7, 11) is 1.87. The summed E-state index contributed by atoms with van der Waals surface area (Å²) >= 11 is 9.58. The van der Waals surface area contributed by atoms with E-state index in [0.29, 0.717) is 6.42 Å². The Morgan fingerprint density at radius 2 is 2.10 bits per heavy atom.